The average molecular weight is 333 g/mol. The zero-order chi connectivity index (χ0) is 15.6. The van der Waals surface area contributed by atoms with Gasteiger partial charge in [0.2, 0.25) is 0 Å². The molecule has 1 aromatic rings. The molecular weight excluding hydrogens is 316 g/mol. The topological polar surface area (TPSA) is 86.7 Å². The summed E-state index contributed by atoms with van der Waals surface area (Å²) in [6, 6.07) is 4.90. The Morgan fingerprint density at radius 2 is 2.00 bits per heavy atom. The lowest BCUT2D eigenvalue weighted by Crippen LogP contribution is -2.43. The standard InChI is InChI=1S/C13H17ClN2O4S/c1-9-8-11(14)2-3-12(9)15-21(19,20)16-6-4-10(5-7-16)13(17)18/h2-3,8,10,15H,4-7H2,1H3,(H,17,18). The molecule has 8 heteroatoms. The van der Waals surface area contributed by atoms with Crippen molar-refractivity contribution in [3.05, 3.63) is 28.8 Å². The number of carbonyl (C=O) groups is 1. The summed E-state index contributed by atoms with van der Waals surface area (Å²) in [6.45, 7) is 2.18. The molecule has 1 aromatic carbocycles. The first-order chi connectivity index (χ1) is 9.79. The molecule has 116 valence electrons. The predicted molar refractivity (Wildman–Crippen MR) is 80.7 cm³/mol. The molecule has 1 fully saturated rings. The Morgan fingerprint density at radius 3 is 2.52 bits per heavy atom. The summed E-state index contributed by atoms with van der Waals surface area (Å²) in [7, 11) is -3.67. The number of anilines is 1. The second-order valence-corrected chi connectivity index (χ2v) is 7.18. The summed E-state index contributed by atoms with van der Waals surface area (Å²) >= 11 is 5.84. The van der Waals surface area contributed by atoms with Gasteiger partial charge in [-0.2, -0.15) is 12.7 Å². The van der Waals surface area contributed by atoms with Crippen LogP contribution in [0.15, 0.2) is 18.2 Å². The van der Waals surface area contributed by atoms with E-state index in [1.165, 1.54) is 4.31 Å². The van der Waals surface area contributed by atoms with Gasteiger partial charge in [0, 0.05) is 18.1 Å². The maximum absolute atomic E-state index is 12.3. The third-order valence-electron chi connectivity index (χ3n) is 3.57. The molecule has 0 saturated carbocycles. The molecule has 2 N–H and O–H groups in total. The molecule has 0 aromatic heterocycles. The number of nitrogens with zero attached hydrogens (tertiary/aromatic N) is 1. The van der Waals surface area contributed by atoms with Crippen molar-refractivity contribution in [3.8, 4) is 0 Å². The predicted octanol–water partition coefficient (Wildman–Crippen LogP) is 2.10. The Bertz CT molecular complexity index is 640. The van der Waals surface area contributed by atoms with Gasteiger partial charge in [-0.25, -0.2) is 0 Å². The number of aryl methyl sites for hydroxylation is 1. The van der Waals surface area contributed by atoms with Gasteiger partial charge in [0.15, 0.2) is 0 Å². The van der Waals surface area contributed by atoms with Crippen LogP contribution >= 0.6 is 11.6 Å². The number of hydrogen-bond donors (Lipinski definition) is 2. The zero-order valence-corrected chi connectivity index (χ0v) is 13.1. The Labute approximate surface area is 128 Å². The third-order valence-corrected chi connectivity index (χ3v) is 5.33. The molecule has 0 amide bonds. The van der Waals surface area contributed by atoms with Crippen molar-refractivity contribution in [1.29, 1.82) is 0 Å². The Morgan fingerprint density at radius 1 is 1.38 bits per heavy atom. The molecule has 2 rings (SSSR count). The summed E-state index contributed by atoms with van der Waals surface area (Å²) in [5.74, 6) is -1.33. The van der Waals surface area contributed by atoms with Gasteiger partial charge in [-0.3, -0.25) is 9.52 Å². The van der Waals surface area contributed by atoms with Crippen LogP contribution in [0.4, 0.5) is 5.69 Å². The Balaban J connectivity index is 2.07. The highest BCUT2D eigenvalue weighted by Gasteiger charge is 2.31. The van der Waals surface area contributed by atoms with Gasteiger partial charge in [-0.15, -0.1) is 0 Å². The maximum Gasteiger partial charge on any atom is 0.306 e. The fraction of sp³-hybridized carbons (Fsp3) is 0.462. The molecule has 0 atom stereocenters. The molecule has 1 heterocycles. The van der Waals surface area contributed by atoms with Crippen LogP contribution in [0.3, 0.4) is 0 Å². The van der Waals surface area contributed by atoms with Crippen LogP contribution in [0.5, 0.6) is 0 Å². The molecule has 0 unspecified atom stereocenters. The lowest BCUT2D eigenvalue weighted by Gasteiger charge is -2.29. The third kappa shape index (κ3) is 3.87. The van der Waals surface area contributed by atoms with E-state index in [0.29, 0.717) is 23.6 Å². The summed E-state index contributed by atoms with van der Waals surface area (Å²) in [5, 5.41) is 9.47. The second-order valence-electron chi connectivity index (χ2n) is 5.08. The van der Waals surface area contributed by atoms with Crippen molar-refractivity contribution >= 4 is 33.5 Å². The molecule has 0 radical (unpaired) electrons. The van der Waals surface area contributed by atoms with Gasteiger partial charge in [-0.05, 0) is 43.5 Å². The molecule has 1 aliphatic heterocycles. The fourth-order valence-corrected chi connectivity index (χ4v) is 3.84. The van der Waals surface area contributed by atoms with Crippen molar-refractivity contribution < 1.29 is 18.3 Å². The maximum atomic E-state index is 12.3. The average Bonchev–Trinajstić information content (AvgIpc) is 2.42. The highest BCUT2D eigenvalue weighted by molar-refractivity contribution is 7.90. The minimum absolute atomic E-state index is 0.207. The summed E-state index contributed by atoms with van der Waals surface area (Å²) in [4.78, 5) is 10.9. The van der Waals surface area contributed by atoms with Gasteiger partial charge >= 0.3 is 16.2 Å². The molecule has 1 saturated heterocycles. The normalized spacial score (nSPS) is 17.6. The second kappa shape index (κ2) is 6.21. The van der Waals surface area contributed by atoms with Crippen molar-refractivity contribution in [2.24, 2.45) is 5.92 Å². The summed E-state index contributed by atoms with van der Waals surface area (Å²) < 4.78 is 28.4. The quantitative estimate of drug-likeness (QED) is 0.884. The first kappa shape index (κ1) is 16.1. The number of piperidine rings is 1. The smallest absolute Gasteiger partial charge is 0.306 e. The van der Waals surface area contributed by atoms with Crippen LogP contribution in [0.2, 0.25) is 5.02 Å². The molecule has 21 heavy (non-hydrogen) atoms. The van der Waals surface area contributed by atoms with Crippen LogP contribution in [0.25, 0.3) is 0 Å². The number of hydrogen-bond acceptors (Lipinski definition) is 3. The number of carboxylic acid groups (broad SMARTS) is 1. The van der Waals surface area contributed by atoms with Crippen molar-refractivity contribution in [3.63, 3.8) is 0 Å². The van der Waals surface area contributed by atoms with Gasteiger partial charge in [0.25, 0.3) is 0 Å². The molecule has 0 spiro atoms. The summed E-state index contributed by atoms with van der Waals surface area (Å²) in [5.41, 5.74) is 1.20. The van der Waals surface area contributed by atoms with Crippen LogP contribution in [-0.4, -0.2) is 36.9 Å². The van der Waals surface area contributed by atoms with Gasteiger partial charge in [0.05, 0.1) is 11.6 Å². The SMILES string of the molecule is Cc1cc(Cl)ccc1NS(=O)(=O)N1CCC(C(=O)O)CC1. The van der Waals surface area contributed by atoms with Crippen molar-refractivity contribution in [1.82, 2.24) is 4.31 Å². The monoisotopic (exact) mass is 332 g/mol. The van der Waals surface area contributed by atoms with Crippen LogP contribution in [0, 0.1) is 12.8 Å². The van der Waals surface area contributed by atoms with E-state index in [4.69, 9.17) is 16.7 Å². The van der Waals surface area contributed by atoms with E-state index in [9.17, 15) is 13.2 Å². The largest absolute Gasteiger partial charge is 0.481 e. The Hall–Kier alpha value is -1.31. The van der Waals surface area contributed by atoms with Gasteiger partial charge < -0.3 is 5.11 Å². The lowest BCUT2D eigenvalue weighted by atomic mass is 9.99. The fourth-order valence-electron chi connectivity index (χ4n) is 2.29. The molecule has 1 aliphatic rings. The highest BCUT2D eigenvalue weighted by atomic mass is 35.5. The number of carboxylic acids is 1. The number of nitrogens with one attached hydrogen (secondary N) is 1. The Kier molecular flexibility index (Phi) is 4.75. The van der Waals surface area contributed by atoms with Crippen LogP contribution < -0.4 is 4.72 Å². The minimum Gasteiger partial charge on any atom is -0.481 e. The van der Waals surface area contributed by atoms with Gasteiger partial charge in [-0.1, -0.05) is 11.6 Å². The lowest BCUT2D eigenvalue weighted by molar-refractivity contribution is -0.142. The van der Waals surface area contributed by atoms with Gasteiger partial charge in [0.1, 0.15) is 0 Å². The number of rotatable bonds is 4. The van der Waals surface area contributed by atoms with Crippen molar-refractivity contribution in [2.75, 3.05) is 17.8 Å². The molecular formula is C13H17ClN2O4S. The number of aliphatic carboxylic acids is 1. The first-order valence-corrected chi connectivity index (χ1v) is 8.38. The molecule has 6 nitrogen and oxygen atoms in total. The van der Waals surface area contributed by atoms with E-state index in [0.717, 1.165) is 5.56 Å². The van der Waals surface area contributed by atoms with E-state index < -0.39 is 22.1 Å². The van der Waals surface area contributed by atoms with E-state index in [2.05, 4.69) is 4.72 Å². The van der Waals surface area contributed by atoms with E-state index in [-0.39, 0.29) is 13.1 Å². The van der Waals surface area contributed by atoms with Crippen LogP contribution in [-0.2, 0) is 15.0 Å². The van der Waals surface area contributed by atoms with Crippen LogP contribution in [0.1, 0.15) is 18.4 Å². The molecule has 0 aliphatic carbocycles. The zero-order valence-electron chi connectivity index (χ0n) is 11.5. The highest BCUT2D eigenvalue weighted by Crippen LogP contribution is 2.24. The van der Waals surface area contributed by atoms with E-state index >= 15 is 0 Å². The van der Waals surface area contributed by atoms with E-state index in [1.807, 2.05) is 0 Å². The van der Waals surface area contributed by atoms with E-state index in [1.54, 1.807) is 25.1 Å². The molecule has 0 bridgehead atoms. The first-order valence-electron chi connectivity index (χ1n) is 6.56. The van der Waals surface area contributed by atoms with Crippen molar-refractivity contribution in [2.45, 2.75) is 19.8 Å². The number of halogens is 1. The summed E-state index contributed by atoms with van der Waals surface area (Å²) in [6.07, 6.45) is 0.658. The minimum atomic E-state index is -3.67. The number of benzene rings is 1.